The molecule has 0 aromatic carbocycles. The number of ether oxygens (including phenoxy) is 3. The Morgan fingerprint density at radius 1 is 0.375 bits per heavy atom. The van der Waals surface area contributed by atoms with Crippen LogP contribution in [0.25, 0.3) is 0 Å². The average molecular weight is 785 g/mol. The summed E-state index contributed by atoms with van der Waals surface area (Å²) in [6.07, 6.45) is 52.4. The molecule has 0 heterocycles. The Morgan fingerprint density at radius 2 is 0.696 bits per heavy atom. The second-order valence-electron chi connectivity index (χ2n) is 15.7. The van der Waals surface area contributed by atoms with Crippen LogP contribution in [0.5, 0.6) is 0 Å². The fourth-order valence-corrected chi connectivity index (χ4v) is 6.63. The molecule has 0 aromatic rings. The first-order valence-corrected chi connectivity index (χ1v) is 23.7. The molecule has 0 bridgehead atoms. The Hall–Kier alpha value is -2.63. The van der Waals surface area contributed by atoms with E-state index in [1.54, 1.807) is 0 Å². The number of esters is 3. The number of unbranched alkanes of at least 4 members (excludes halogenated alkanes) is 26. The molecule has 0 fully saturated rings. The molecule has 0 aliphatic heterocycles. The quantitative estimate of drug-likeness (QED) is 0.0265. The van der Waals surface area contributed by atoms with Gasteiger partial charge in [0.15, 0.2) is 6.10 Å². The molecule has 0 saturated heterocycles. The van der Waals surface area contributed by atoms with Crippen molar-refractivity contribution < 1.29 is 28.6 Å². The van der Waals surface area contributed by atoms with Crippen LogP contribution >= 0.6 is 0 Å². The number of rotatable bonds is 42. The summed E-state index contributed by atoms with van der Waals surface area (Å²) in [5.41, 5.74) is 0. The molecule has 0 spiro atoms. The van der Waals surface area contributed by atoms with Gasteiger partial charge in [-0.15, -0.1) is 0 Å². The van der Waals surface area contributed by atoms with Crippen LogP contribution < -0.4 is 0 Å². The van der Waals surface area contributed by atoms with Crippen molar-refractivity contribution in [2.75, 3.05) is 13.2 Å². The molecule has 6 heteroatoms. The first-order valence-electron chi connectivity index (χ1n) is 23.7. The lowest BCUT2D eigenvalue weighted by Gasteiger charge is -2.18. The highest BCUT2D eigenvalue weighted by Gasteiger charge is 2.19. The molecule has 324 valence electrons. The van der Waals surface area contributed by atoms with Crippen molar-refractivity contribution in [1.82, 2.24) is 0 Å². The smallest absolute Gasteiger partial charge is 0.306 e. The van der Waals surface area contributed by atoms with Crippen molar-refractivity contribution in [2.24, 2.45) is 0 Å². The van der Waals surface area contributed by atoms with E-state index < -0.39 is 6.10 Å². The minimum absolute atomic E-state index is 0.0861. The number of hydrogen-bond acceptors (Lipinski definition) is 6. The maximum Gasteiger partial charge on any atom is 0.306 e. The van der Waals surface area contributed by atoms with Crippen molar-refractivity contribution in [3.63, 3.8) is 0 Å². The van der Waals surface area contributed by atoms with E-state index in [0.717, 1.165) is 70.6 Å². The van der Waals surface area contributed by atoms with Crippen LogP contribution in [0, 0.1) is 0 Å². The van der Waals surface area contributed by atoms with E-state index in [1.165, 1.54) is 122 Å². The minimum atomic E-state index is -0.787. The summed E-state index contributed by atoms with van der Waals surface area (Å²) in [7, 11) is 0. The van der Waals surface area contributed by atoms with Crippen molar-refractivity contribution in [3.8, 4) is 0 Å². The molecular weight excluding hydrogens is 697 g/mol. The summed E-state index contributed by atoms with van der Waals surface area (Å²) in [6, 6.07) is 0. The van der Waals surface area contributed by atoms with E-state index in [9.17, 15) is 14.4 Å². The first kappa shape index (κ1) is 53.4. The zero-order valence-corrected chi connectivity index (χ0v) is 36.9. The van der Waals surface area contributed by atoms with Crippen molar-refractivity contribution in [1.29, 1.82) is 0 Å². The summed E-state index contributed by atoms with van der Waals surface area (Å²) in [5.74, 6) is -0.923. The summed E-state index contributed by atoms with van der Waals surface area (Å²) in [4.78, 5) is 37.7. The molecule has 0 rings (SSSR count). The van der Waals surface area contributed by atoms with Gasteiger partial charge in [0, 0.05) is 19.3 Å². The number of carbonyl (C=O) groups is 3. The molecule has 0 aliphatic rings. The first-order chi connectivity index (χ1) is 27.5. The highest BCUT2D eigenvalue weighted by molar-refractivity contribution is 5.71. The third-order valence-corrected chi connectivity index (χ3v) is 10.2. The third kappa shape index (κ3) is 42.5. The minimum Gasteiger partial charge on any atom is -0.462 e. The average Bonchev–Trinajstić information content (AvgIpc) is 3.19. The van der Waals surface area contributed by atoms with Gasteiger partial charge in [-0.2, -0.15) is 0 Å². The largest absolute Gasteiger partial charge is 0.462 e. The molecule has 0 saturated carbocycles. The molecule has 0 radical (unpaired) electrons. The van der Waals surface area contributed by atoms with Crippen molar-refractivity contribution in [2.45, 2.75) is 239 Å². The van der Waals surface area contributed by atoms with E-state index in [2.05, 4.69) is 32.9 Å². The van der Waals surface area contributed by atoms with Gasteiger partial charge in [0.05, 0.1) is 0 Å². The zero-order valence-electron chi connectivity index (χ0n) is 36.9. The van der Waals surface area contributed by atoms with Crippen LogP contribution in [-0.2, 0) is 28.6 Å². The van der Waals surface area contributed by atoms with Gasteiger partial charge in [-0.3, -0.25) is 14.4 Å². The summed E-state index contributed by atoms with van der Waals surface area (Å²) in [6.45, 7) is 6.45. The number of hydrogen-bond donors (Lipinski definition) is 0. The predicted molar refractivity (Wildman–Crippen MR) is 238 cm³/mol. The van der Waals surface area contributed by atoms with E-state index in [-0.39, 0.29) is 37.5 Å². The lowest BCUT2D eigenvalue weighted by molar-refractivity contribution is -0.167. The molecule has 56 heavy (non-hydrogen) atoms. The maximum absolute atomic E-state index is 12.7. The lowest BCUT2D eigenvalue weighted by Crippen LogP contribution is -2.30. The molecule has 1 unspecified atom stereocenters. The van der Waals surface area contributed by atoms with Gasteiger partial charge >= 0.3 is 17.9 Å². The standard InChI is InChI=1S/C50H88O6/c1-4-7-10-13-16-19-22-24-25-27-28-31-34-37-40-43-49(52)55-46-47(45-54-48(51)42-39-36-33-30-21-18-15-12-9-6-3)56-50(53)44-41-38-35-32-29-26-23-20-17-14-11-8-5-2/h8,11,14,17,20,23,26,29,47H,4-7,9-10,12-13,15-16,18-19,21-22,24-25,27-28,30-46H2,1-3H3/b11-8-,17-14-,23-20-,29-26-. The van der Waals surface area contributed by atoms with Crippen molar-refractivity contribution in [3.05, 3.63) is 48.6 Å². The second-order valence-corrected chi connectivity index (χ2v) is 15.7. The summed E-state index contributed by atoms with van der Waals surface area (Å²) in [5, 5.41) is 0. The van der Waals surface area contributed by atoms with Gasteiger partial charge in [-0.25, -0.2) is 0 Å². The van der Waals surface area contributed by atoms with E-state index in [4.69, 9.17) is 14.2 Å². The molecule has 0 aromatic heterocycles. The van der Waals surface area contributed by atoms with E-state index in [0.29, 0.717) is 12.8 Å². The van der Waals surface area contributed by atoms with Crippen molar-refractivity contribution >= 4 is 17.9 Å². The number of allylic oxidation sites excluding steroid dienone is 8. The Morgan fingerprint density at radius 3 is 1.09 bits per heavy atom. The van der Waals surface area contributed by atoms with Crippen LogP contribution in [0.15, 0.2) is 48.6 Å². The van der Waals surface area contributed by atoms with Crippen LogP contribution in [0.3, 0.4) is 0 Å². The monoisotopic (exact) mass is 785 g/mol. The molecular formula is C50H88O6. The fourth-order valence-electron chi connectivity index (χ4n) is 6.63. The van der Waals surface area contributed by atoms with Gasteiger partial charge in [0.1, 0.15) is 13.2 Å². The highest BCUT2D eigenvalue weighted by atomic mass is 16.6. The van der Waals surface area contributed by atoms with Gasteiger partial charge < -0.3 is 14.2 Å². The van der Waals surface area contributed by atoms with Crippen LogP contribution in [0.1, 0.15) is 233 Å². The number of carbonyl (C=O) groups excluding carboxylic acids is 3. The molecule has 0 aliphatic carbocycles. The Kier molecular flexibility index (Phi) is 43.0. The second kappa shape index (κ2) is 45.1. The SMILES string of the molecule is CC\C=C/C=C\C=C/C=C\CCCCCC(=O)OC(COC(=O)CCCCCCCCCCCC)COC(=O)CCCCCCCCCCCCCCCCC. The lowest BCUT2D eigenvalue weighted by atomic mass is 10.0. The van der Waals surface area contributed by atoms with E-state index >= 15 is 0 Å². The normalized spacial score (nSPS) is 12.4. The molecule has 1 atom stereocenters. The Labute approximate surface area is 346 Å². The zero-order chi connectivity index (χ0) is 40.8. The van der Waals surface area contributed by atoms with Crippen LogP contribution in [0.2, 0.25) is 0 Å². The summed E-state index contributed by atoms with van der Waals surface area (Å²) >= 11 is 0. The Bertz CT molecular complexity index is 996. The highest BCUT2D eigenvalue weighted by Crippen LogP contribution is 2.15. The molecule has 0 N–H and O–H groups in total. The van der Waals surface area contributed by atoms with Gasteiger partial charge in [0.25, 0.3) is 0 Å². The summed E-state index contributed by atoms with van der Waals surface area (Å²) < 4.78 is 16.7. The molecule has 6 nitrogen and oxygen atoms in total. The maximum atomic E-state index is 12.7. The van der Waals surface area contributed by atoms with Gasteiger partial charge in [0.2, 0.25) is 0 Å². The fraction of sp³-hybridized carbons (Fsp3) is 0.780. The predicted octanol–water partition coefficient (Wildman–Crippen LogP) is 15.1. The topological polar surface area (TPSA) is 78.9 Å². The molecule has 0 amide bonds. The third-order valence-electron chi connectivity index (χ3n) is 10.2. The Balaban J connectivity index is 4.39. The van der Waals surface area contributed by atoms with E-state index in [1.807, 2.05) is 36.5 Å². The van der Waals surface area contributed by atoms with Gasteiger partial charge in [-0.05, 0) is 38.5 Å². The van der Waals surface area contributed by atoms with Gasteiger partial charge in [-0.1, -0.05) is 223 Å². The van der Waals surface area contributed by atoms with Crippen LogP contribution in [0.4, 0.5) is 0 Å². The van der Waals surface area contributed by atoms with Crippen LogP contribution in [-0.4, -0.2) is 37.2 Å².